The van der Waals surface area contributed by atoms with Gasteiger partial charge in [-0.1, -0.05) is 44.9 Å². The highest BCUT2D eigenvalue weighted by Crippen LogP contribution is 2.66. The minimum Gasteiger partial charge on any atom is -0.458 e. The molecule has 1 aromatic carbocycles. The molecular weight excluding hydrogens is 344 g/mol. The second-order valence-corrected chi connectivity index (χ2v) is 10.8. The fourth-order valence-corrected chi connectivity index (χ4v) is 8.21. The van der Waals surface area contributed by atoms with Crippen LogP contribution >= 0.6 is 0 Å². The normalized spacial score (nSPS) is 44.9. The smallest absolute Gasteiger partial charge is 0.338 e. The first-order valence-corrected chi connectivity index (χ1v) is 11.8. The molecule has 7 atom stereocenters. The number of esters is 1. The summed E-state index contributed by atoms with van der Waals surface area (Å²) in [4.78, 5) is 12.7. The molecular formula is C26H36O2. The maximum absolute atomic E-state index is 12.7. The van der Waals surface area contributed by atoms with Crippen LogP contribution in [0.3, 0.4) is 0 Å². The van der Waals surface area contributed by atoms with Gasteiger partial charge in [0.25, 0.3) is 0 Å². The summed E-state index contributed by atoms with van der Waals surface area (Å²) in [5, 5.41) is 0. The third-order valence-electron chi connectivity index (χ3n) is 9.76. The zero-order chi connectivity index (χ0) is 19.4. The van der Waals surface area contributed by atoms with E-state index in [0.29, 0.717) is 11.0 Å². The summed E-state index contributed by atoms with van der Waals surface area (Å²) in [6.07, 6.45) is 13.7. The van der Waals surface area contributed by atoms with E-state index in [-0.39, 0.29) is 17.5 Å². The molecule has 4 fully saturated rings. The number of carbonyl (C=O) groups is 1. The van der Waals surface area contributed by atoms with Gasteiger partial charge in [0.05, 0.1) is 5.56 Å². The molecule has 0 radical (unpaired) electrons. The van der Waals surface area contributed by atoms with Gasteiger partial charge in [0.1, 0.15) is 6.10 Å². The summed E-state index contributed by atoms with van der Waals surface area (Å²) in [7, 11) is 0. The molecule has 5 rings (SSSR count). The SMILES string of the molecule is C[C@]12CCCC[C@@H]1CC[C@@H]1[C@@H]2CC[C@]2(C)[C@H](OC(=O)c3ccccc3)CC[C@@H]12. The van der Waals surface area contributed by atoms with Crippen LogP contribution in [0.25, 0.3) is 0 Å². The fourth-order valence-electron chi connectivity index (χ4n) is 8.21. The lowest BCUT2D eigenvalue weighted by Crippen LogP contribution is -2.53. The highest BCUT2D eigenvalue weighted by Gasteiger charge is 2.60. The maximum Gasteiger partial charge on any atom is 0.338 e. The van der Waals surface area contributed by atoms with Gasteiger partial charge in [-0.15, -0.1) is 0 Å². The summed E-state index contributed by atoms with van der Waals surface area (Å²) >= 11 is 0. The second kappa shape index (κ2) is 6.89. The Labute approximate surface area is 170 Å². The minimum absolute atomic E-state index is 0.100. The standard InChI is InChI=1S/C26H36O2/c1-25-16-7-6-10-19(25)11-12-20-21-13-14-23(26(21,2)17-15-22(20)25)28-24(27)18-8-4-3-5-9-18/h3-5,8-9,19-23H,6-7,10-17H2,1-2H3/t19-,20+,21+,22+,23-,25+,26+/m1/s1. The molecule has 2 nitrogen and oxygen atoms in total. The number of rotatable bonds is 2. The molecule has 152 valence electrons. The van der Waals surface area contributed by atoms with Crippen LogP contribution in [0, 0.1) is 34.5 Å². The lowest BCUT2D eigenvalue weighted by Gasteiger charge is -2.60. The van der Waals surface area contributed by atoms with Crippen LogP contribution in [0.5, 0.6) is 0 Å². The van der Waals surface area contributed by atoms with Gasteiger partial charge in [-0.3, -0.25) is 0 Å². The Kier molecular flexibility index (Phi) is 4.60. The van der Waals surface area contributed by atoms with Gasteiger partial charge in [-0.2, -0.15) is 0 Å². The molecule has 0 aliphatic heterocycles. The van der Waals surface area contributed by atoms with E-state index in [0.717, 1.165) is 30.1 Å². The summed E-state index contributed by atoms with van der Waals surface area (Å²) < 4.78 is 6.14. The summed E-state index contributed by atoms with van der Waals surface area (Å²) in [6.45, 7) is 5.08. The summed E-state index contributed by atoms with van der Waals surface area (Å²) in [6, 6.07) is 9.54. The first-order chi connectivity index (χ1) is 13.5. The van der Waals surface area contributed by atoms with Crippen LogP contribution in [-0.2, 0) is 4.74 Å². The molecule has 4 saturated carbocycles. The topological polar surface area (TPSA) is 26.3 Å². The molecule has 1 aromatic rings. The van der Waals surface area contributed by atoms with E-state index in [9.17, 15) is 4.79 Å². The van der Waals surface area contributed by atoms with Crippen LogP contribution in [0.4, 0.5) is 0 Å². The number of hydrogen-bond donors (Lipinski definition) is 0. The Hall–Kier alpha value is -1.31. The summed E-state index contributed by atoms with van der Waals surface area (Å²) in [5.74, 6) is 3.36. The predicted octanol–water partition coefficient (Wildman–Crippen LogP) is 6.64. The van der Waals surface area contributed by atoms with Crippen molar-refractivity contribution in [3.63, 3.8) is 0 Å². The molecule has 4 aliphatic carbocycles. The van der Waals surface area contributed by atoms with Crippen molar-refractivity contribution in [1.82, 2.24) is 0 Å². The van der Waals surface area contributed by atoms with Gasteiger partial charge < -0.3 is 4.74 Å². The van der Waals surface area contributed by atoms with Gasteiger partial charge in [-0.25, -0.2) is 4.79 Å². The van der Waals surface area contributed by atoms with Crippen molar-refractivity contribution >= 4 is 5.97 Å². The third-order valence-corrected chi connectivity index (χ3v) is 9.76. The highest BCUT2D eigenvalue weighted by atomic mass is 16.5. The Morgan fingerprint density at radius 1 is 0.857 bits per heavy atom. The quantitative estimate of drug-likeness (QED) is 0.537. The average Bonchev–Trinajstić information content (AvgIpc) is 3.04. The zero-order valence-corrected chi connectivity index (χ0v) is 17.7. The van der Waals surface area contributed by atoms with Crippen LogP contribution < -0.4 is 0 Å². The van der Waals surface area contributed by atoms with Crippen LogP contribution in [0.1, 0.15) is 88.4 Å². The summed E-state index contributed by atoms with van der Waals surface area (Å²) in [5.41, 5.74) is 1.46. The van der Waals surface area contributed by atoms with Crippen LogP contribution in [0.15, 0.2) is 30.3 Å². The lowest BCUT2D eigenvalue weighted by atomic mass is 9.45. The predicted molar refractivity (Wildman–Crippen MR) is 112 cm³/mol. The van der Waals surface area contributed by atoms with Gasteiger partial charge in [0.2, 0.25) is 0 Å². The number of hydrogen-bond acceptors (Lipinski definition) is 2. The van der Waals surface area contributed by atoms with Crippen molar-refractivity contribution in [2.24, 2.45) is 34.5 Å². The van der Waals surface area contributed by atoms with E-state index < -0.39 is 0 Å². The largest absolute Gasteiger partial charge is 0.458 e. The van der Waals surface area contributed by atoms with Gasteiger partial charge in [0.15, 0.2) is 0 Å². The molecule has 0 unspecified atom stereocenters. The van der Waals surface area contributed by atoms with E-state index in [4.69, 9.17) is 4.74 Å². The third kappa shape index (κ3) is 2.77. The molecule has 2 heteroatoms. The molecule has 0 aromatic heterocycles. The van der Waals surface area contributed by atoms with Crippen molar-refractivity contribution in [2.75, 3.05) is 0 Å². The van der Waals surface area contributed by atoms with Crippen molar-refractivity contribution in [3.05, 3.63) is 35.9 Å². The fraction of sp³-hybridized carbons (Fsp3) is 0.731. The first-order valence-electron chi connectivity index (χ1n) is 11.8. The van der Waals surface area contributed by atoms with Gasteiger partial charge in [0, 0.05) is 5.41 Å². The van der Waals surface area contributed by atoms with Crippen molar-refractivity contribution in [1.29, 1.82) is 0 Å². The molecule has 0 heterocycles. The number of carbonyl (C=O) groups excluding carboxylic acids is 1. The van der Waals surface area contributed by atoms with E-state index >= 15 is 0 Å². The average molecular weight is 381 g/mol. The monoisotopic (exact) mass is 380 g/mol. The Balaban J connectivity index is 1.35. The molecule has 0 amide bonds. The van der Waals surface area contributed by atoms with Crippen LogP contribution in [0.2, 0.25) is 0 Å². The molecule has 0 N–H and O–H groups in total. The molecule has 4 aliphatic rings. The van der Waals surface area contributed by atoms with Crippen LogP contribution in [-0.4, -0.2) is 12.1 Å². The lowest BCUT2D eigenvalue weighted by molar-refractivity contribution is -0.122. The Bertz CT molecular complexity index is 727. The maximum atomic E-state index is 12.7. The molecule has 0 spiro atoms. The molecule has 0 saturated heterocycles. The number of ether oxygens (including phenoxy) is 1. The van der Waals surface area contributed by atoms with Crippen molar-refractivity contribution in [3.8, 4) is 0 Å². The Morgan fingerprint density at radius 2 is 1.64 bits per heavy atom. The van der Waals surface area contributed by atoms with E-state index in [1.165, 1.54) is 57.8 Å². The van der Waals surface area contributed by atoms with Crippen molar-refractivity contribution < 1.29 is 9.53 Å². The second-order valence-electron chi connectivity index (χ2n) is 10.8. The minimum atomic E-state index is -0.127. The van der Waals surface area contributed by atoms with Gasteiger partial charge >= 0.3 is 5.97 Å². The number of benzene rings is 1. The Morgan fingerprint density at radius 3 is 2.46 bits per heavy atom. The molecule has 28 heavy (non-hydrogen) atoms. The molecule has 0 bridgehead atoms. The van der Waals surface area contributed by atoms with Crippen molar-refractivity contribution in [2.45, 2.75) is 84.2 Å². The highest BCUT2D eigenvalue weighted by molar-refractivity contribution is 5.89. The number of fused-ring (bicyclic) bond motifs is 5. The van der Waals surface area contributed by atoms with Gasteiger partial charge in [-0.05, 0) is 92.6 Å². The zero-order valence-electron chi connectivity index (χ0n) is 17.7. The first kappa shape index (κ1) is 18.7. The van der Waals surface area contributed by atoms with E-state index in [1.807, 2.05) is 30.3 Å². The van der Waals surface area contributed by atoms with E-state index in [1.54, 1.807) is 0 Å². The van der Waals surface area contributed by atoms with E-state index in [2.05, 4.69) is 13.8 Å².